The first-order valence-electron chi connectivity index (χ1n) is 7.44. The van der Waals surface area contributed by atoms with Crippen molar-refractivity contribution in [3.8, 4) is 5.69 Å². The third kappa shape index (κ3) is 3.57. The predicted octanol–water partition coefficient (Wildman–Crippen LogP) is 3.28. The topological polar surface area (TPSA) is 33.1 Å². The summed E-state index contributed by atoms with van der Waals surface area (Å²) in [6.07, 6.45) is 6.30. The molecule has 0 saturated carbocycles. The quantitative estimate of drug-likeness (QED) is 0.941. The number of aromatic nitrogens is 2. The van der Waals surface area contributed by atoms with Gasteiger partial charge in [-0.05, 0) is 56.6 Å². The number of hydrogen-bond donors (Lipinski definition) is 1. The van der Waals surface area contributed by atoms with Gasteiger partial charge in [-0.2, -0.15) is 5.10 Å². The van der Waals surface area contributed by atoms with Crippen LogP contribution in [0.1, 0.15) is 12.8 Å². The Hall–Kier alpha value is -1.52. The second kappa shape index (κ2) is 6.50. The zero-order chi connectivity index (χ0) is 14.7. The fourth-order valence-corrected chi connectivity index (χ4v) is 3.13. The molecule has 112 valence electrons. The predicted molar refractivity (Wildman–Crippen MR) is 87.3 cm³/mol. The third-order valence-corrected chi connectivity index (χ3v) is 4.25. The molecular formula is C16H21ClN4. The van der Waals surface area contributed by atoms with Crippen LogP contribution in [0.15, 0.2) is 36.7 Å². The van der Waals surface area contributed by atoms with Gasteiger partial charge in [-0.1, -0.05) is 11.6 Å². The van der Waals surface area contributed by atoms with E-state index in [-0.39, 0.29) is 0 Å². The van der Waals surface area contributed by atoms with Crippen molar-refractivity contribution in [2.45, 2.75) is 12.8 Å². The molecule has 2 aromatic rings. The van der Waals surface area contributed by atoms with Crippen LogP contribution >= 0.6 is 11.6 Å². The summed E-state index contributed by atoms with van der Waals surface area (Å²) in [5.41, 5.74) is 2.08. The Morgan fingerprint density at radius 1 is 1.43 bits per heavy atom. The van der Waals surface area contributed by atoms with Gasteiger partial charge in [0.05, 0.1) is 11.4 Å². The van der Waals surface area contributed by atoms with Crippen LogP contribution in [0.5, 0.6) is 0 Å². The van der Waals surface area contributed by atoms with Gasteiger partial charge in [-0.15, -0.1) is 0 Å². The summed E-state index contributed by atoms with van der Waals surface area (Å²) in [5.74, 6) is 0.688. The Bertz CT molecular complexity index is 582. The van der Waals surface area contributed by atoms with E-state index in [0.717, 1.165) is 29.5 Å². The highest BCUT2D eigenvalue weighted by Gasteiger charge is 2.17. The van der Waals surface area contributed by atoms with Crippen molar-refractivity contribution in [2.24, 2.45) is 5.92 Å². The van der Waals surface area contributed by atoms with Crippen molar-refractivity contribution < 1.29 is 0 Å². The molecule has 4 nitrogen and oxygen atoms in total. The van der Waals surface area contributed by atoms with Crippen LogP contribution in [0.4, 0.5) is 5.69 Å². The van der Waals surface area contributed by atoms with E-state index in [1.165, 1.54) is 19.4 Å². The first-order valence-corrected chi connectivity index (χ1v) is 7.82. The average molecular weight is 305 g/mol. The van der Waals surface area contributed by atoms with Gasteiger partial charge in [0.2, 0.25) is 0 Å². The number of piperidine rings is 1. The molecule has 21 heavy (non-hydrogen) atoms. The van der Waals surface area contributed by atoms with E-state index in [1.54, 1.807) is 6.20 Å². The van der Waals surface area contributed by atoms with Crippen LogP contribution in [0.2, 0.25) is 5.02 Å². The summed E-state index contributed by atoms with van der Waals surface area (Å²) in [4.78, 5) is 2.40. The molecule has 1 unspecified atom stereocenters. The number of nitrogens with one attached hydrogen (secondary N) is 1. The molecule has 2 heterocycles. The summed E-state index contributed by atoms with van der Waals surface area (Å²) in [6.45, 7) is 3.34. The monoisotopic (exact) mass is 304 g/mol. The lowest BCUT2D eigenvalue weighted by molar-refractivity contribution is 0.217. The average Bonchev–Trinajstić information content (AvgIpc) is 2.99. The molecule has 5 heteroatoms. The van der Waals surface area contributed by atoms with Crippen molar-refractivity contribution in [3.63, 3.8) is 0 Å². The number of rotatable bonds is 4. The van der Waals surface area contributed by atoms with Crippen molar-refractivity contribution in [3.05, 3.63) is 41.7 Å². The van der Waals surface area contributed by atoms with Crippen LogP contribution in [-0.4, -0.2) is 41.4 Å². The van der Waals surface area contributed by atoms with E-state index < -0.39 is 0 Å². The lowest BCUT2D eigenvalue weighted by atomic mass is 9.98. The molecule has 1 atom stereocenters. The van der Waals surface area contributed by atoms with E-state index in [1.807, 2.05) is 35.1 Å². The smallest absolute Gasteiger partial charge is 0.0877 e. The van der Waals surface area contributed by atoms with Gasteiger partial charge in [0, 0.05) is 30.5 Å². The molecule has 0 amide bonds. The summed E-state index contributed by atoms with van der Waals surface area (Å²) in [6, 6.07) is 7.81. The number of likely N-dealkylation sites (tertiary alicyclic amines) is 1. The lowest BCUT2D eigenvalue weighted by Crippen LogP contribution is -2.35. The third-order valence-electron chi connectivity index (χ3n) is 4.01. The van der Waals surface area contributed by atoms with Crippen molar-refractivity contribution in [2.75, 3.05) is 32.0 Å². The Labute approximate surface area is 130 Å². The molecule has 0 radical (unpaired) electrons. The standard InChI is InChI=1S/C16H21ClN4/c1-20-8-2-4-13(12-20)11-18-15-10-14(17)5-6-16(15)21-9-3-7-19-21/h3,5-7,9-10,13,18H,2,4,8,11-12H2,1H3. The van der Waals surface area contributed by atoms with E-state index in [2.05, 4.69) is 22.4 Å². The van der Waals surface area contributed by atoms with Gasteiger partial charge in [-0.3, -0.25) is 0 Å². The van der Waals surface area contributed by atoms with E-state index in [0.29, 0.717) is 5.92 Å². The zero-order valence-electron chi connectivity index (χ0n) is 12.3. The minimum absolute atomic E-state index is 0.688. The molecule has 1 fully saturated rings. The number of nitrogens with zero attached hydrogens (tertiary/aromatic N) is 3. The molecule has 1 aliphatic heterocycles. The normalized spacial score (nSPS) is 19.6. The molecule has 1 aromatic carbocycles. The van der Waals surface area contributed by atoms with Crippen LogP contribution in [0.25, 0.3) is 5.69 Å². The second-order valence-electron chi connectivity index (χ2n) is 5.76. The summed E-state index contributed by atoms with van der Waals surface area (Å²) in [7, 11) is 2.20. The highest BCUT2D eigenvalue weighted by Crippen LogP contribution is 2.25. The summed E-state index contributed by atoms with van der Waals surface area (Å²) in [5, 5.41) is 8.61. The summed E-state index contributed by atoms with van der Waals surface area (Å²) < 4.78 is 1.87. The maximum Gasteiger partial charge on any atom is 0.0877 e. The Morgan fingerprint density at radius 2 is 2.33 bits per heavy atom. The van der Waals surface area contributed by atoms with Gasteiger partial charge in [-0.25, -0.2) is 4.68 Å². The second-order valence-corrected chi connectivity index (χ2v) is 6.20. The Morgan fingerprint density at radius 3 is 3.10 bits per heavy atom. The number of hydrogen-bond acceptors (Lipinski definition) is 3. The highest BCUT2D eigenvalue weighted by atomic mass is 35.5. The largest absolute Gasteiger partial charge is 0.383 e. The number of anilines is 1. The molecule has 0 aliphatic carbocycles. The minimum atomic E-state index is 0.688. The van der Waals surface area contributed by atoms with Crippen LogP contribution in [0, 0.1) is 5.92 Å². The fourth-order valence-electron chi connectivity index (χ4n) is 2.96. The van der Waals surface area contributed by atoms with Crippen molar-refractivity contribution in [1.29, 1.82) is 0 Å². The lowest BCUT2D eigenvalue weighted by Gasteiger charge is -2.30. The number of benzene rings is 1. The van der Waals surface area contributed by atoms with E-state index in [9.17, 15) is 0 Å². The fraction of sp³-hybridized carbons (Fsp3) is 0.438. The van der Waals surface area contributed by atoms with E-state index >= 15 is 0 Å². The van der Waals surface area contributed by atoms with Gasteiger partial charge < -0.3 is 10.2 Å². The van der Waals surface area contributed by atoms with Gasteiger partial charge in [0.15, 0.2) is 0 Å². The zero-order valence-corrected chi connectivity index (χ0v) is 13.1. The minimum Gasteiger partial charge on any atom is -0.383 e. The Balaban J connectivity index is 1.73. The molecular weight excluding hydrogens is 284 g/mol. The molecule has 1 saturated heterocycles. The highest BCUT2D eigenvalue weighted by molar-refractivity contribution is 6.31. The Kier molecular flexibility index (Phi) is 4.46. The van der Waals surface area contributed by atoms with Gasteiger partial charge >= 0.3 is 0 Å². The van der Waals surface area contributed by atoms with Crippen molar-refractivity contribution in [1.82, 2.24) is 14.7 Å². The molecule has 1 N–H and O–H groups in total. The van der Waals surface area contributed by atoms with Crippen LogP contribution in [-0.2, 0) is 0 Å². The first-order chi connectivity index (χ1) is 10.2. The van der Waals surface area contributed by atoms with E-state index in [4.69, 9.17) is 11.6 Å². The van der Waals surface area contributed by atoms with Crippen molar-refractivity contribution >= 4 is 17.3 Å². The maximum atomic E-state index is 6.15. The molecule has 0 bridgehead atoms. The maximum absolute atomic E-state index is 6.15. The first kappa shape index (κ1) is 14.4. The summed E-state index contributed by atoms with van der Waals surface area (Å²) >= 11 is 6.15. The molecule has 1 aliphatic rings. The number of halogens is 1. The van der Waals surface area contributed by atoms with Gasteiger partial charge in [0.25, 0.3) is 0 Å². The molecule has 1 aromatic heterocycles. The SMILES string of the molecule is CN1CCCC(CNc2cc(Cl)ccc2-n2cccn2)C1. The van der Waals surface area contributed by atoms with Crippen LogP contribution < -0.4 is 5.32 Å². The molecule has 3 rings (SSSR count). The molecule has 0 spiro atoms. The van der Waals surface area contributed by atoms with Crippen LogP contribution in [0.3, 0.4) is 0 Å². The van der Waals surface area contributed by atoms with Gasteiger partial charge in [0.1, 0.15) is 0 Å².